The van der Waals surface area contributed by atoms with Gasteiger partial charge in [0, 0.05) is 54.4 Å². The van der Waals surface area contributed by atoms with Gasteiger partial charge in [0.2, 0.25) is 0 Å². The number of aromatic nitrogens is 2. The number of aromatic amines is 1. The summed E-state index contributed by atoms with van der Waals surface area (Å²) in [5.41, 5.74) is 4.06. The van der Waals surface area contributed by atoms with Crippen LogP contribution in [0.2, 0.25) is 0 Å². The number of hydrogen-bond donors (Lipinski definition) is 3. The number of fused-ring (bicyclic) bond motifs is 4. The van der Waals surface area contributed by atoms with Crippen molar-refractivity contribution in [1.82, 2.24) is 19.4 Å². The molecular formula is C25H30N4O4. The third-order valence-corrected chi connectivity index (χ3v) is 7.21. The molecule has 3 aromatic rings. The fourth-order valence-electron chi connectivity index (χ4n) is 5.32. The van der Waals surface area contributed by atoms with E-state index in [4.69, 9.17) is 0 Å². The van der Waals surface area contributed by atoms with Gasteiger partial charge in [-0.05, 0) is 69.6 Å². The van der Waals surface area contributed by atoms with Crippen LogP contribution in [0, 0.1) is 0 Å². The van der Waals surface area contributed by atoms with Crippen molar-refractivity contribution in [3.63, 3.8) is 0 Å². The number of aryl methyl sites for hydroxylation is 2. The third kappa shape index (κ3) is 3.83. The van der Waals surface area contributed by atoms with Gasteiger partial charge in [0.25, 0.3) is 5.56 Å². The van der Waals surface area contributed by atoms with Crippen molar-refractivity contribution in [2.45, 2.75) is 32.2 Å². The highest BCUT2D eigenvalue weighted by Crippen LogP contribution is 2.38. The largest absolute Gasteiger partial charge is 0.506 e. The van der Waals surface area contributed by atoms with Crippen LogP contribution in [0.3, 0.4) is 0 Å². The molecule has 0 amide bonds. The van der Waals surface area contributed by atoms with Crippen LogP contribution in [0.15, 0.2) is 23.0 Å². The fourth-order valence-corrected chi connectivity index (χ4v) is 5.32. The topological polar surface area (TPSA) is 102 Å². The fraction of sp³-hybridized carbons (Fsp3) is 0.440. The van der Waals surface area contributed by atoms with Gasteiger partial charge in [-0.3, -0.25) is 9.69 Å². The number of carboxylic acids is 1. The van der Waals surface area contributed by atoms with Crippen LogP contribution in [0.4, 0.5) is 0 Å². The van der Waals surface area contributed by atoms with Crippen LogP contribution < -0.4 is 5.56 Å². The van der Waals surface area contributed by atoms with E-state index < -0.39 is 22.8 Å². The molecule has 8 heteroatoms. The minimum atomic E-state index is -1.41. The Morgan fingerprint density at radius 1 is 1.06 bits per heavy atom. The molecule has 1 aliphatic heterocycles. The van der Waals surface area contributed by atoms with Gasteiger partial charge in [-0.15, -0.1) is 0 Å². The number of aromatic hydroxyl groups is 1. The predicted octanol–water partition coefficient (Wildman–Crippen LogP) is 2.56. The van der Waals surface area contributed by atoms with Crippen LogP contribution in [0.25, 0.3) is 22.2 Å². The lowest BCUT2D eigenvalue weighted by molar-refractivity contribution is 0.0691. The van der Waals surface area contributed by atoms with Gasteiger partial charge in [-0.25, -0.2) is 4.79 Å². The lowest BCUT2D eigenvalue weighted by Crippen LogP contribution is -2.29. The highest BCUT2D eigenvalue weighted by atomic mass is 16.4. The average Bonchev–Trinajstić information content (AvgIpc) is 2.90. The first-order valence-corrected chi connectivity index (χ1v) is 11.6. The molecule has 0 spiro atoms. The molecule has 1 aliphatic carbocycles. The number of aromatic carboxylic acids is 1. The summed E-state index contributed by atoms with van der Waals surface area (Å²) in [5.74, 6) is -1.82. The van der Waals surface area contributed by atoms with Gasteiger partial charge in [-0.2, -0.15) is 0 Å². The number of pyridine rings is 1. The molecule has 33 heavy (non-hydrogen) atoms. The molecule has 0 radical (unpaired) electrons. The number of nitrogens with zero attached hydrogens (tertiary/aromatic N) is 3. The van der Waals surface area contributed by atoms with E-state index in [-0.39, 0.29) is 0 Å². The zero-order valence-electron chi connectivity index (χ0n) is 19.1. The molecule has 1 aromatic carbocycles. The normalized spacial score (nSPS) is 17.4. The number of carbonyl (C=O) groups is 1. The van der Waals surface area contributed by atoms with E-state index in [2.05, 4.69) is 51.6 Å². The van der Waals surface area contributed by atoms with Crippen molar-refractivity contribution < 1.29 is 15.0 Å². The summed E-state index contributed by atoms with van der Waals surface area (Å²) in [5, 5.41) is 21.1. The van der Waals surface area contributed by atoms with E-state index >= 15 is 0 Å². The molecule has 1 fully saturated rings. The van der Waals surface area contributed by atoms with Crippen LogP contribution >= 0.6 is 0 Å². The third-order valence-electron chi connectivity index (χ3n) is 7.21. The number of hydrogen-bond acceptors (Lipinski definition) is 5. The number of carboxylic acid groups (broad SMARTS) is 1. The standard InChI is InChI=1S/C25H30N4O4/c1-27-7-4-8-29(10-9-27)14-17-11-16-12-19-15(13-20(16)28(17)2)5-3-6-18-22(19)26-24(31)21(23(18)30)25(32)33/h11-13H,3-10,14H2,1-2H3,(H,32,33)(H2,26,30,31). The summed E-state index contributed by atoms with van der Waals surface area (Å²) in [6, 6.07) is 6.46. The molecule has 5 rings (SSSR count). The molecule has 0 atom stereocenters. The van der Waals surface area contributed by atoms with Crippen molar-refractivity contribution in [1.29, 1.82) is 0 Å². The second-order valence-electron chi connectivity index (χ2n) is 9.39. The Balaban J connectivity index is 1.58. The van der Waals surface area contributed by atoms with Crippen molar-refractivity contribution in [3.05, 3.63) is 50.9 Å². The Bertz CT molecular complexity index is 1310. The predicted molar refractivity (Wildman–Crippen MR) is 127 cm³/mol. The van der Waals surface area contributed by atoms with Gasteiger partial charge in [0.05, 0.1) is 5.69 Å². The monoisotopic (exact) mass is 450 g/mol. The smallest absolute Gasteiger partial charge is 0.345 e. The van der Waals surface area contributed by atoms with E-state index in [1.54, 1.807) is 0 Å². The Kier molecular flexibility index (Phi) is 5.50. The molecule has 2 aromatic heterocycles. The van der Waals surface area contributed by atoms with Gasteiger partial charge < -0.3 is 24.7 Å². The van der Waals surface area contributed by atoms with Gasteiger partial charge in [0.1, 0.15) is 5.75 Å². The number of H-pyrrole nitrogens is 1. The summed E-state index contributed by atoms with van der Waals surface area (Å²) >= 11 is 0. The summed E-state index contributed by atoms with van der Waals surface area (Å²) in [4.78, 5) is 31.6. The van der Waals surface area contributed by atoms with Gasteiger partial charge in [-0.1, -0.05) is 0 Å². The Labute approximate surface area is 192 Å². The summed E-state index contributed by atoms with van der Waals surface area (Å²) in [6.45, 7) is 5.23. The molecule has 0 unspecified atom stereocenters. The second-order valence-corrected chi connectivity index (χ2v) is 9.39. The maximum atomic E-state index is 12.5. The first-order chi connectivity index (χ1) is 15.8. The van der Waals surface area contributed by atoms with Crippen LogP contribution in [-0.4, -0.2) is 68.8 Å². The zero-order valence-corrected chi connectivity index (χ0v) is 19.1. The van der Waals surface area contributed by atoms with Crippen molar-refractivity contribution in [2.24, 2.45) is 7.05 Å². The minimum Gasteiger partial charge on any atom is -0.506 e. The molecule has 3 heterocycles. The van der Waals surface area contributed by atoms with Crippen LogP contribution in [0.1, 0.15) is 40.0 Å². The number of nitrogens with one attached hydrogen (secondary N) is 1. The van der Waals surface area contributed by atoms with E-state index in [0.29, 0.717) is 17.7 Å². The van der Waals surface area contributed by atoms with Crippen molar-refractivity contribution in [3.8, 4) is 17.0 Å². The number of rotatable bonds is 3. The molecule has 0 bridgehead atoms. The Morgan fingerprint density at radius 3 is 2.67 bits per heavy atom. The lowest BCUT2D eigenvalue weighted by Gasteiger charge is -2.20. The number of benzene rings is 1. The Morgan fingerprint density at radius 2 is 1.88 bits per heavy atom. The molecule has 2 aliphatic rings. The second kappa shape index (κ2) is 8.35. The van der Waals surface area contributed by atoms with Gasteiger partial charge >= 0.3 is 5.97 Å². The Hall–Kier alpha value is -3.10. The maximum Gasteiger partial charge on any atom is 0.345 e. The molecule has 0 saturated carbocycles. The molecule has 1 saturated heterocycles. The van der Waals surface area contributed by atoms with E-state index in [1.165, 1.54) is 12.1 Å². The SMILES string of the molecule is CN1CCCN(Cc2cc3cc4c(cc3n2C)CCCc2c-4[nH]c(=O)c(C(=O)O)c2O)CC1. The van der Waals surface area contributed by atoms with E-state index in [0.717, 1.165) is 67.6 Å². The molecule has 8 nitrogen and oxygen atoms in total. The summed E-state index contributed by atoms with van der Waals surface area (Å²) in [7, 11) is 4.28. The van der Waals surface area contributed by atoms with Crippen molar-refractivity contribution >= 4 is 16.9 Å². The summed E-state index contributed by atoms with van der Waals surface area (Å²) < 4.78 is 2.25. The minimum absolute atomic E-state index is 0.408. The quantitative estimate of drug-likeness (QED) is 0.567. The first kappa shape index (κ1) is 21.7. The molecule has 3 N–H and O–H groups in total. The summed E-state index contributed by atoms with van der Waals surface area (Å²) in [6.07, 6.45) is 3.24. The maximum absolute atomic E-state index is 12.5. The highest BCUT2D eigenvalue weighted by Gasteiger charge is 2.26. The molecule has 174 valence electrons. The van der Waals surface area contributed by atoms with Crippen molar-refractivity contribution in [2.75, 3.05) is 33.2 Å². The van der Waals surface area contributed by atoms with Crippen LogP contribution in [-0.2, 0) is 26.4 Å². The zero-order chi connectivity index (χ0) is 23.3. The van der Waals surface area contributed by atoms with Gasteiger partial charge in [0.15, 0.2) is 5.56 Å². The molecular weight excluding hydrogens is 420 g/mol. The number of likely N-dealkylation sites (N-methyl/N-ethyl adjacent to an activating group) is 1. The average molecular weight is 451 g/mol. The van der Waals surface area contributed by atoms with E-state index in [1.807, 2.05) is 0 Å². The highest BCUT2D eigenvalue weighted by molar-refractivity contribution is 5.93. The first-order valence-electron chi connectivity index (χ1n) is 11.6. The van der Waals surface area contributed by atoms with Crippen LogP contribution in [0.5, 0.6) is 5.75 Å². The lowest BCUT2D eigenvalue weighted by atomic mass is 9.98. The van der Waals surface area contributed by atoms with E-state index in [9.17, 15) is 19.8 Å².